The smallest absolute Gasteiger partial charge is 0.320 e. The highest BCUT2D eigenvalue weighted by Crippen LogP contribution is 2.25. The van der Waals surface area contributed by atoms with Crippen LogP contribution < -0.4 is 0 Å². The molecular weight excluding hydrogens is 240 g/mol. The first kappa shape index (κ1) is 14.0. The van der Waals surface area contributed by atoms with Crippen molar-refractivity contribution in [3.8, 4) is 0 Å². The fourth-order valence-electron chi connectivity index (χ4n) is 2.39. The number of hydrogen-bond donors (Lipinski definition) is 0. The van der Waals surface area contributed by atoms with Gasteiger partial charge >= 0.3 is 5.97 Å². The Balaban J connectivity index is 1.84. The summed E-state index contributed by atoms with van der Waals surface area (Å²) in [6, 6.07) is 6.00. The van der Waals surface area contributed by atoms with E-state index in [2.05, 4.69) is 16.0 Å². The molecule has 1 aromatic rings. The Labute approximate surface area is 114 Å². The summed E-state index contributed by atoms with van der Waals surface area (Å²) < 4.78 is 5.34. The van der Waals surface area contributed by atoms with Crippen LogP contribution in [0.3, 0.4) is 0 Å². The summed E-state index contributed by atoms with van der Waals surface area (Å²) in [6.45, 7) is 7.88. The Morgan fingerprint density at radius 3 is 2.89 bits per heavy atom. The van der Waals surface area contributed by atoms with Gasteiger partial charge in [0.1, 0.15) is 5.60 Å². The van der Waals surface area contributed by atoms with E-state index in [0.717, 1.165) is 25.2 Å². The molecule has 1 aliphatic heterocycles. The zero-order chi connectivity index (χ0) is 13.9. The normalized spacial score (nSPS) is 20.5. The number of aromatic nitrogens is 1. The van der Waals surface area contributed by atoms with Crippen LogP contribution in [0.15, 0.2) is 24.4 Å². The molecule has 0 unspecified atom stereocenters. The lowest BCUT2D eigenvalue weighted by atomic mass is 10.0. The second-order valence-electron chi connectivity index (χ2n) is 6.06. The largest absolute Gasteiger partial charge is 0.459 e. The van der Waals surface area contributed by atoms with Crippen LogP contribution in [-0.4, -0.2) is 41.1 Å². The van der Waals surface area contributed by atoms with Gasteiger partial charge in [0.25, 0.3) is 0 Å². The fraction of sp³-hybridized carbons (Fsp3) is 0.600. The quantitative estimate of drug-likeness (QED) is 0.783. The summed E-state index contributed by atoms with van der Waals surface area (Å²) in [7, 11) is 0. The maximum Gasteiger partial charge on any atom is 0.320 e. The monoisotopic (exact) mass is 262 g/mol. The van der Waals surface area contributed by atoms with Crippen LogP contribution in [0.2, 0.25) is 0 Å². The van der Waals surface area contributed by atoms with Crippen molar-refractivity contribution in [2.45, 2.75) is 38.7 Å². The summed E-state index contributed by atoms with van der Waals surface area (Å²) >= 11 is 0. The van der Waals surface area contributed by atoms with Crippen molar-refractivity contribution in [2.24, 2.45) is 0 Å². The van der Waals surface area contributed by atoms with E-state index in [-0.39, 0.29) is 5.97 Å². The van der Waals surface area contributed by atoms with Crippen LogP contribution in [0.4, 0.5) is 0 Å². The van der Waals surface area contributed by atoms with Crippen LogP contribution in [0.5, 0.6) is 0 Å². The minimum Gasteiger partial charge on any atom is -0.459 e. The molecule has 1 aromatic heterocycles. The number of likely N-dealkylation sites (tertiary alicyclic amines) is 1. The molecule has 0 bridgehead atoms. The van der Waals surface area contributed by atoms with E-state index in [1.807, 2.05) is 39.1 Å². The zero-order valence-electron chi connectivity index (χ0n) is 11.9. The van der Waals surface area contributed by atoms with Gasteiger partial charge in [-0.3, -0.25) is 14.7 Å². The number of ether oxygens (including phenoxy) is 1. The van der Waals surface area contributed by atoms with Gasteiger partial charge in [-0.15, -0.1) is 0 Å². The summed E-state index contributed by atoms with van der Waals surface area (Å²) in [5.41, 5.74) is 0.714. The molecule has 2 heterocycles. The molecule has 2 rings (SSSR count). The molecule has 4 nitrogen and oxygen atoms in total. The molecule has 1 fully saturated rings. The Bertz CT molecular complexity index is 426. The first-order chi connectivity index (χ1) is 8.94. The third-order valence-corrected chi connectivity index (χ3v) is 3.15. The molecule has 0 saturated carbocycles. The number of pyridine rings is 1. The average Bonchev–Trinajstić information content (AvgIpc) is 2.76. The van der Waals surface area contributed by atoms with E-state index >= 15 is 0 Å². The highest BCUT2D eigenvalue weighted by atomic mass is 16.6. The standard InChI is InChI=1S/C15H22N2O2/c1-15(2,3)19-14(18)11-17-9-7-12(10-17)13-6-4-5-8-16-13/h4-6,8,12H,7,9-11H2,1-3H3/t12-/m0/s1. The molecule has 0 radical (unpaired) electrons. The Morgan fingerprint density at radius 2 is 2.26 bits per heavy atom. The van der Waals surface area contributed by atoms with E-state index < -0.39 is 5.60 Å². The van der Waals surface area contributed by atoms with E-state index in [0.29, 0.717) is 12.5 Å². The summed E-state index contributed by atoms with van der Waals surface area (Å²) in [5.74, 6) is 0.290. The van der Waals surface area contributed by atoms with Crippen molar-refractivity contribution in [2.75, 3.05) is 19.6 Å². The molecule has 4 heteroatoms. The Hall–Kier alpha value is -1.42. The zero-order valence-corrected chi connectivity index (χ0v) is 11.9. The minimum absolute atomic E-state index is 0.144. The van der Waals surface area contributed by atoms with Gasteiger partial charge in [-0.2, -0.15) is 0 Å². The van der Waals surface area contributed by atoms with Gasteiger partial charge in [0, 0.05) is 24.4 Å². The third kappa shape index (κ3) is 4.31. The molecule has 1 atom stereocenters. The number of carbonyl (C=O) groups is 1. The summed E-state index contributed by atoms with van der Waals surface area (Å²) in [6.07, 6.45) is 2.88. The number of hydrogen-bond acceptors (Lipinski definition) is 4. The topological polar surface area (TPSA) is 42.4 Å². The number of carbonyl (C=O) groups excluding carboxylic acids is 1. The van der Waals surface area contributed by atoms with Crippen LogP contribution in [0, 0.1) is 0 Å². The Morgan fingerprint density at radius 1 is 1.47 bits per heavy atom. The third-order valence-electron chi connectivity index (χ3n) is 3.15. The van der Waals surface area contributed by atoms with Crippen molar-refractivity contribution in [1.29, 1.82) is 0 Å². The molecule has 0 spiro atoms. The molecule has 1 saturated heterocycles. The van der Waals surface area contributed by atoms with Crippen molar-refractivity contribution < 1.29 is 9.53 Å². The molecule has 0 amide bonds. The Kier molecular flexibility index (Phi) is 4.20. The predicted octanol–water partition coefficient (Wildman–Crippen LogP) is 2.21. The molecule has 1 aliphatic rings. The van der Waals surface area contributed by atoms with Crippen molar-refractivity contribution in [1.82, 2.24) is 9.88 Å². The average molecular weight is 262 g/mol. The number of nitrogens with zero attached hydrogens (tertiary/aromatic N) is 2. The molecule has 0 N–H and O–H groups in total. The molecule has 0 aliphatic carbocycles. The van der Waals surface area contributed by atoms with Crippen LogP contribution in [0.1, 0.15) is 38.8 Å². The highest BCUT2D eigenvalue weighted by Gasteiger charge is 2.27. The lowest BCUT2D eigenvalue weighted by Crippen LogP contribution is -2.33. The SMILES string of the molecule is CC(C)(C)OC(=O)CN1CC[C@H](c2ccccn2)C1. The fourth-order valence-corrected chi connectivity index (χ4v) is 2.39. The summed E-state index contributed by atoms with van der Waals surface area (Å²) in [4.78, 5) is 18.3. The van der Waals surface area contributed by atoms with E-state index in [4.69, 9.17) is 4.74 Å². The van der Waals surface area contributed by atoms with E-state index in [1.165, 1.54) is 0 Å². The number of rotatable bonds is 3. The number of esters is 1. The first-order valence-electron chi connectivity index (χ1n) is 6.79. The molecule has 19 heavy (non-hydrogen) atoms. The van der Waals surface area contributed by atoms with Gasteiger partial charge in [-0.05, 0) is 45.9 Å². The van der Waals surface area contributed by atoms with Crippen molar-refractivity contribution in [3.63, 3.8) is 0 Å². The van der Waals surface area contributed by atoms with Gasteiger partial charge in [0.2, 0.25) is 0 Å². The maximum atomic E-state index is 11.8. The van der Waals surface area contributed by atoms with Gasteiger partial charge in [0.05, 0.1) is 6.54 Å². The molecule has 0 aromatic carbocycles. The lowest BCUT2D eigenvalue weighted by molar-refractivity contribution is -0.155. The van der Waals surface area contributed by atoms with Crippen molar-refractivity contribution >= 4 is 5.97 Å². The van der Waals surface area contributed by atoms with Crippen LogP contribution in [0.25, 0.3) is 0 Å². The van der Waals surface area contributed by atoms with Gasteiger partial charge in [-0.1, -0.05) is 6.07 Å². The predicted molar refractivity (Wildman–Crippen MR) is 73.9 cm³/mol. The minimum atomic E-state index is -0.406. The molecular formula is C15H22N2O2. The van der Waals surface area contributed by atoms with Crippen molar-refractivity contribution in [3.05, 3.63) is 30.1 Å². The summed E-state index contributed by atoms with van der Waals surface area (Å²) in [5, 5.41) is 0. The maximum absolute atomic E-state index is 11.8. The van der Waals surface area contributed by atoms with Gasteiger partial charge in [-0.25, -0.2) is 0 Å². The van der Waals surface area contributed by atoms with Crippen LogP contribution >= 0.6 is 0 Å². The van der Waals surface area contributed by atoms with Gasteiger partial charge < -0.3 is 4.74 Å². The second-order valence-corrected chi connectivity index (χ2v) is 6.06. The highest BCUT2D eigenvalue weighted by molar-refractivity contribution is 5.72. The lowest BCUT2D eigenvalue weighted by Gasteiger charge is -2.22. The van der Waals surface area contributed by atoms with E-state index in [1.54, 1.807) is 0 Å². The van der Waals surface area contributed by atoms with Crippen LogP contribution in [-0.2, 0) is 9.53 Å². The molecule has 104 valence electrons. The first-order valence-corrected chi connectivity index (χ1v) is 6.79. The van der Waals surface area contributed by atoms with E-state index in [9.17, 15) is 4.79 Å². The van der Waals surface area contributed by atoms with Gasteiger partial charge in [0.15, 0.2) is 0 Å². The second kappa shape index (κ2) is 5.70.